The number of ether oxygens (including phenoxy) is 1. The van der Waals surface area contributed by atoms with Crippen LogP contribution in [0.4, 0.5) is 5.69 Å². The van der Waals surface area contributed by atoms with Gasteiger partial charge in [0.15, 0.2) is 0 Å². The third kappa shape index (κ3) is 3.40. The Labute approximate surface area is 104 Å². The van der Waals surface area contributed by atoms with Crippen molar-refractivity contribution in [2.45, 2.75) is 13.0 Å². The Kier molecular flexibility index (Phi) is 5.57. The largest absolute Gasteiger partial charge is 0.468 e. The molecule has 0 unspecified atom stereocenters. The van der Waals surface area contributed by atoms with E-state index >= 15 is 0 Å². The lowest BCUT2D eigenvalue weighted by Crippen LogP contribution is -2.22. The van der Waals surface area contributed by atoms with Crippen LogP contribution in [0.25, 0.3) is 0 Å². The molecule has 0 aliphatic carbocycles. The number of nitrogens with two attached hydrogens (primary N) is 1. The molecular weight excluding hydrogens is 248 g/mol. The molecule has 2 N–H and O–H groups in total. The van der Waals surface area contributed by atoms with Gasteiger partial charge in [-0.2, -0.15) is 0 Å². The van der Waals surface area contributed by atoms with Crippen molar-refractivity contribution >= 4 is 24.1 Å². The van der Waals surface area contributed by atoms with Crippen molar-refractivity contribution in [2.75, 3.05) is 7.11 Å². The highest BCUT2D eigenvalue weighted by molar-refractivity contribution is 5.85. The number of esters is 1. The highest BCUT2D eigenvalue weighted by Gasteiger charge is 2.20. The summed E-state index contributed by atoms with van der Waals surface area (Å²) in [6, 6.07) is 3.42. The number of rotatable bonds is 3. The van der Waals surface area contributed by atoms with Crippen LogP contribution in [-0.4, -0.2) is 18.0 Å². The molecule has 6 nitrogen and oxygen atoms in total. The van der Waals surface area contributed by atoms with Crippen molar-refractivity contribution in [1.82, 2.24) is 0 Å². The number of benzene rings is 1. The topological polar surface area (TPSA) is 95.5 Å². The van der Waals surface area contributed by atoms with Crippen LogP contribution in [-0.2, 0) is 9.53 Å². The third-order valence-corrected chi connectivity index (χ3v) is 2.24. The van der Waals surface area contributed by atoms with Crippen molar-refractivity contribution < 1.29 is 14.5 Å². The van der Waals surface area contributed by atoms with E-state index in [0.29, 0.717) is 11.1 Å². The summed E-state index contributed by atoms with van der Waals surface area (Å²) in [7, 11) is 1.21. The van der Waals surface area contributed by atoms with Crippen LogP contribution in [0.2, 0.25) is 0 Å². The minimum Gasteiger partial charge on any atom is -0.468 e. The van der Waals surface area contributed by atoms with Gasteiger partial charge in [-0.05, 0) is 12.5 Å². The molecule has 94 valence electrons. The molecule has 0 fully saturated rings. The molecule has 0 saturated heterocycles. The maximum absolute atomic E-state index is 11.2. The lowest BCUT2D eigenvalue weighted by atomic mass is 10.0. The summed E-state index contributed by atoms with van der Waals surface area (Å²) in [5.74, 6) is -0.627. The molecule has 0 bridgehead atoms. The van der Waals surface area contributed by atoms with Crippen LogP contribution in [0.15, 0.2) is 18.2 Å². The van der Waals surface area contributed by atoms with Crippen LogP contribution < -0.4 is 5.73 Å². The Morgan fingerprint density at radius 3 is 2.59 bits per heavy atom. The van der Waals surface area contributed by atoms with E-state index in [1.165, 1.54) is 13.2 Å². The SMILES string of the molecule is COC(=O)[C@@H](N)c1ccc(C)c([N+](=O)[O-])c1.Cl. The normalized spacial score (nSPS) is 11.2. The number of halogens is 1. The van der Waals surface area contributed by atoms with E-state index in [1.807, 2.05) is 0 Å². The first kappa shape index (κ1) is 15.3. The van der Waals surface area contributed by atoms with Gasteiger partial charge in [0, 0.05) is 11.6 Å². The van der Waals surface area contributed by atoms with Crippen LogP contribution in [0.1, 0.15) is 17.2 Å². The second kappa shape index (κ2) is 6.17. The molecule has 0 heterocycles. The van der Waals surface area contributed by atoms with Gasteiger partial charge in [0.1, 0.15) is 6.04 Å². The van der Waals surface area contributed by atoms with Crippen LogP contribution in [0.5, 0.6) is 0 Å². The molecular formula is C10H13ClN2O4. The standard InChI is InChI=1S/C10H12N2O4.ClH/c1-6-3-4-7(5-8(6)12(14)15)9(11)10(13)16-2;/h3-5,9H,11H2,1-2H3;1H/t9-;/m0./s1. The summed E-state index contributed by atoms with van der Waals surface area (Å²) in [5.41, 5.74) is 6.40. The lowest BCUT2D eigenvalue weighted by molar-refractivity contribution is -0.385. The van der Waals surface area contributed by atoms with Gasteiger partial charge >= 0.3 is 5.97 Å². The predicted octanol–water partition coefficient (Wildman–Crippen LogP) is 1.50. The zero-order valence-electron chi connectivity index (χ0n) is 9.38. The highest BCUT2D eigenvalue weighted by Crippen LogP contribution is 2.22. The van der Waals surface area contributed by atoms with E-state index in [2.05, 4.69) is 4.74 Å². The first-order valence-electron chi connectivity index (χ1n) is 4.55. The smallest absolute Gasteiger partial charge is 0.327 e. The third-order valence-electron chi connectivity index (χ3n) is 2.24. The van der Waals surface area contributed by atoms with Crippen LogP contribution in [0, 0.1) is 17.0 Å². The molecule has 1 atom stereocenters. The Hall–Kier alpha value is -1.66. The molecule has 17 heavy (non-hydrogen) atoms. The number of hydrogen-bond donors (Lipinski definition) is 1. The highest BCUT2D eigenvalue weighted by atomic mass is 35.5. The molecule has 0 radical (unpaired) electrons. The number of carbonyl (C=O) groups is 1. The number of aryl methyl sites for hydroxylation is 1. The molecule has 0 aromatic heterocycles. The van der Waals surface area contributed by atoms with Gasteiger partial charge in [-0.1, -0.05) is 12.1 Å². The number of nitro benzene ring substituents is 1. The zero-order valence-corrected chi connectivity index (χ0v) is 10.2. The van der Waals surface area contributed by atoms with Gasteiger partial charge in [-0.25, -0.2) is 0 Å². The number of hydrogen-bond acceptors (Lipinski definition) is 5. The summed E-state index contributed by atoms with van der Waals surface area (Å²) in [6.45, 7) is 1.62. The number of methoxy groups -OCH3 is 1. The Balaban J connectivity index is 0.00000256. The van der Waals surface area contributed by atoms with Crippen molar-refractivity contribution in [1.29, 1.82) is 0 Å². The first-order chi connectivity index (χ1) is 7.47. The number of carbonyl (C=O) groups excluding carboxylic acids is 1. The van der Waals surface area contributed by atoms with Gasteiger partial charge in [0.05, 0.1) is 12.0 Å². The molecule has 0 aliphatic heterocycles. The van der Waals surface area contributed by atoms with Crippen LogP contribution >= 0.6 is 12.4 Å². The second-order valence-corrected chi connectivity index (χ2v) is 3.30. The van der Waals surface area contributed by atoms with E-state index in [-0.39, 0.29) is 18.1 Å². The summed E-state index contributed by atoms with van der Waals surface area (Å²) in [4.78, 5) is 21.3. The minimum atomic E-state index is -0.996. The van der Waals surface area contributed by atoms with E-state index in [1.54, 1.807) is 19.1 Å². The summed E-state index contributed by atoms with van der Waals surface area (Å²) >= 11 is 0. The fourth-order valence-electron chi connectivity index (χ4n) is 1.28. The number of nitrogens with zero attached hydrogens (tertiary/aromatic N) is 1. The van der Waals surface area contributed by atoms with E-state index < -0.39 is 16.9 Å². The maximum atomic E-state index is 11.2. The van der Waals surface area contributed by atoms with Crippen molar-refractivity contribution in [3.63, 3.8) is 0 Å². The molecule has 1 aromatic rings. The second-order valence-electron chi connectivity index (χ2n) is 3.30. The van der Waals surface area contributed by atoms with Crippen molar-refractivity contribution in [2.24, 2.45) is 5.73 Å². The zero-order chi connectivity index (χ0) is 12.3. The van der Waals surface area contributed by atoms with Crippen molar-refractivity contribution in [3.8, 4) is 0 Å². The van der Waals surface area contributed by atoms with Gasteiger partial charge in [0.2, 0.25) is 0 Å². The quantitative estimate of drug-likeness (QED) is 0.505. The van der Waals surface area contributed by atoms with E-state index in [4.69, 9.17) is 5.73 Å². The fraction of sp³-hybridized carbons (Fsp3) is 0.300. The first-order valence-corrected chi connectivity index (χ1v) is 4.55. The lowest BCUT2D eigenvalue weighted by Gasteiger charge is -2.09. The molecule has 0 spiro atoms. The molecule has 7 heteroatoms. The number of nitro groups is 1. The summed E-state index contributed by atoms with van der Waals surface area (Å²) < 4.78 is 4.46. The van der Waals surface area contributed by atoms with Gasteiger partial charge < -0.3 is 10.5 Å². The average Bonchev–Trinajstić information content (AvgIpc) is 2.27. The Morgan fingerprint density at radius 1 is 1.53 bits per heavy atom. The maximum Gasteiger partial charge on any atom is 0.327 e. The summed E-state index contributed by atoms with van der Waals surface area (Å²) in [5, 5.41) is 10.7. The fourth-order valence-corrected chi connectivity index (χ4v) is 1.28. The van der Waals surface area contributed by atoms with Crippen molar-refractivity contribution in [3.05, 3.63) is 39.4 Å². The van der Waals surface area contributed by atoms with Crippen LogP contribution in [0.3, 0.4) is 0 Å². The van der Waals surface area contributed by atoms with Gasteiger partial charge in [-0.3, -0.25) is 14.9 Å². The monoisotopic (exact) mass is 260 g/mol. The molecule has 0 amide bonds. The van der Waals surface area contributed by atoms with E-state index in [9.17, 15) is 14.9 Å². The Bertz CT molecular complexity index is 436. The summed E-state index contributed by atoms with van der Waals surface area (Å²) in [6.07, 6.45) is 0. The molecule has 0 saturated carbocycles. The van der Waals surface area contributed by atoms with Gasteiger partial charge in [0.25, 0.3) is 5.69 Å². The average molecular weight is 261 g/mol. The molecule has 1 aromatic carbocycles. The van der Waals surface area contributed by atoms with E-state index in [0.717, 1.165) is 0 Å². The molecule has 1 rings (SSSR count). The minimum absolute atomic E-state index is 0. The molecule has 0 aliphatic rings. The Morgan fingerprint density at radius 2 is 2.12 bits per heavy atom. The predicted molar refractivity (Wildman–Crippen MR) is 64.0 cm³/mol. The van der Waals surface area contributed by atoms with Gasteiger partial charge in [-0.15, -0.1) is 12.4 Å².